The molecular weight excluding hydrogens is 658 g/mol. The Kier molecular flexibility index (Phi) is 11.0. The van der Waals surface area contributed by atoms with E-state index in [4.69, 9.17) is 26.4 Å². The number of nitrogens with zero attached hydrogens (tertiary/aromatic N) is 3. The molecule has 242 valence electrons. The van der Waals surface area contributed by atoms with Gasteiger partial charge in [0.15, 0.2) is 6.61 Å². The van der Waals surface area contributed by atoms with Crippen LogP contribution in [0.3, 0.4) is 0 Å². The minimum Gasteiger partial charge on any atom is -0.464 e. The summed E-state index contributed by atoms with van der Waals surface area (Å²) in [6.07, 6.45) is 7.31. The maximum atomic E-state index is 14.1. The van der Waals surface area contributed by atoms with Gasteiger partial charge in [-0.3, -0.25) is 4.79 Å². The summed E-state index contributed by atoms with van der Waals surface area (Å²) in [4.78, 5) is 49.6. The Balaban J connectivity index is 1.71. The summed E-state index contributed by atoms with van der Waals surface area (Å²) in [6, 6.07) is 13.5. The van der Waals surface area contributed by atoms with Crippen molar-refractivity contribution in [3.63, 3.8) is 0 Å². The Bertz CT molecular complexity index is 1600. The molecule has 0 bridgehead atoms. The number of amides is 4. The van der Waals surface area contributed by atoms with Crippen LogP contribution in [0.4, 0.5) is 32.6 Å². The third kappa shape index (κ3) is 9.56. The number of aromatic nitrogens is 2. The molecular formula is C32H36BrN7O6. The largest absolute Gasteiger partial charge is 0.464 e. The molecule has 1 fully saturated rings. The van der Waals surface area contributed by atoms with E-state index in [0.29, 0.717) is 34.5 Å². The lowest BCUT2D eigenvalue weighted by Gasteiger charge is -2.37. The molecule has 5 N–H and O–H groups in total. The molecule has 0 unspecified atom stereocenters. The number of carbonyl (C=O) groups is 3. The second kappa shape index (κ2) is 14.9. The average molecular weight is 695 g/mol. The quantitative estimate of drug-likeness (QED) is 0.151. The van der Waals surface area contributed by atoms with Crippen molar-refractivity contribution in [2.75, 3.05) is 35.6 Å². The lowest BCUT2D eigenvalue weighted by molar-refractivity contribution is -0.236. The summed E-state index contributed by atoms with van der Waals surface area (Å²) in [5.41, 5.74) is 6.19. The maximum absolute atomic E-state index is 14.1. The molecule has 1 aliphatic rings. The molecule has 0 spiro atoms. The van der Waals surface area contributed by atoms with Gasteiger partial charge >= 0.3 is 12.1 Å². The predicted octanol–water partition coefficient (Wildman–Crippen LogP) is 5.41. The van der Waals surface area contributed by atoms with Gasteiger partial charge in [0.2, 0.25) is 11.8 Å². The number of urea groups is 1. The normalized spacial score (nSPS) is 14.0. The SMILES string of the molecule is C#CCOc1nc(Nc2cc(NC(=O)N3CCCC3)cc(NC(=O)[C@@](Cc3ccccc3)(OC(N)=O)OC(C)(C)C)c2)ncc1Br. The summed E-state index contributed by atoms with van der Waals surface area (Å²) >= 11 is 3.33. The van der Waals surface area contributed by atoms with E-state index < -0.39 is 23.4 Å². The number of nitrogens with two attached hydrogens (primary N) is 1. The minimum atomic E-state index is -2.15. The highest BCUT2D eigenvalue weighted by molar-refractivity contribution is 9.10. The number of terminal acetylenes is 1. The first-order chi connectivity index (χ1) is 21.9. The number of hydrogen-bond donors (Lipinski definition) is 4. The van der Waals surface area contributed by atoms with Gasteiger partial charge in [0, 0.05) is 36.6 Å². The van der Waals surface area contributed by atoms with Crippen LogP contribution in [-0.2, 0) is 20.7 Å². The lowest BCUT2D eigenvalue weighted by Crippen LogP contribution is -2.55. The van der Waals surface area contributed by atoms with Crippen molar-refractivity contribution < 1.29 is 28.6 Å². The van der Waals surface area contributed by atoms with Crippen LogP contribution in [0.1, 0.15) is 39.2 Å². The maximum Gasteiger partial charge on any atom is 0.407 e. The first-order valence-electron chi connectivity index (χ1n) is 14.5. The van der Waals surface area contributed by atoms with Crippen molar-refractivity contribution in [1.82, 2.24) is 14.9 Å². The number of primary amides is 1. The summed E-state index contributed by atoms with van der Waals surface area (Å²) in [7, 11) is 0. The van der Waals surface area contributed by atoms with Crippen LogP contribution >= 0.6 is 15.9 Å². The zero-order valence-electron chi connectivity index (χ0n) is 25.8. The van der Waals surface area contributed by atoms with Crippen LogP contribution in [0.2, 0.25) is 0 Å². The fourth-order valence-corrected chi connectivity index (χ4v) is 5.04. The van der Waals surface area contributed by atoms with E-state index in [2.05, 4.69) is 47.8 Å². The van der Waals surface area contributed by atoms with Crippen LogP contribution in [0.5, 0.6) is 5.88 Å². The van der Waals surface area contributed by atoms with Gasteiger partial charge in [-0.05, 0) is 73.3 Å². The molecule has 3 aromatic rings. The second-order valence-corrected chi connectivity index (χ2v) is 12.2. The molecule has 14 heteroatoms. The van der Waals surface area contributed by atoms with E-state index in [0.717, 1.165) is 12.8 Å². The lowest BCUT2D eigenvalue weighted by atomic mass is 10.0. The van der Waals surface area contributed by atoms with Crippen LogP contribution in [0, 0.1) is 12.3 Å². The molecule has 4 amide bonds. The number of ether oxygens (including phenoxy) is 3. The standard InChI is InChI=1S/C32H36BrN7O6/c1-5-15-44-26-25(33)20-35-29(39-26)37-23-16-22(17-24(18-23)38-30(43)40-13-9-10-14-40)36-27(41)32(45-28(34)42,46-31(2,3)4)19-21-11-7-6-8-12-21/h1,6-8,11-12,16-18,20H,9-10,13-15,19H2,2-4H3,(H2,34,42)(H,36,41)(H,38,43)(H,35,37,39)/t32-/m0/s1. The molecule has 1 aliphatic heterocycles. The second-order valence-electron chi connectivity index (χ2n) is 11.4. The molecule has 4 rings (SSSR count). The number of nitrogens with one attached hydrogen (secondary N) is 3. The number of likely N-dealkylation sites (tertiary alicyclic amines) is 1. The Morgan fingerprint density at radius 1 is 1.04 bits per heavy atom. The molecule has 0 radical (unpaired) electrons. The third-order valence-electron chi connectivity index (χ3n) is 6.46. The van der Waals surface area contributed by atoms with Crippen molar-refractivity contribution in [2.24, 2.45) is 5.73 Å². The number of carbonyl (C=O) groups excluding carboxylic acids is 3. The Labute approximate surface area is 275 Å². The van der Waals surface area contributed by atoms with Gasteiger partial charge in [-0.25, -0.2) is 14.6 Å². The van der Waals surface area contributed by atoms with Gasteiger partial charge in [-0.1, -0.05) is 36.3 Å². The van der Waals surface area contributed by atoms with Gasteiger partial charge in [0.05, 0.1) is 16.3 Å². The fourth-order valence-electron chi connectivity index (χ4n) is 4.73. The molecule has 2 heterocycles. The van der Waals surface area contributed by atoms with Crippen LogP contribution in [0.15, 0.2) is 59.2 Å². The summed E-state index contributed by atoms with van der Waals surface area (Å²) in [6.45, 7) is 6.44. The highest BCUT2D eigenvalue weighted by atomic mass is 79.9. The van der Waals surface area contributed by atoms with E-state index in [9.17, 15) is 14.4 Å². The van der Waals surface area contributed by atoms with Crippen LogP contribution in [-0.4, -0.2) is 64.0 Å². The van der Waals surface area contributed by atoms with Crippen LogP contribution < -0.4 is 26.4 Å². The highest BCUT2D eigenvalue weighted by Crippen LogP contribution is 2.31. The molecule has 46 heavy (non-hydrogen) atoms. The number of anilines is 4. The van der Waals surface area contributed by atoms with Gasteiger partial charge < -0.3 is 40.8 Å². The molecule has 1 aromatic heterocycles. The number of halogens is 1. The zero-order valence-corrected chi connectivity index (χ0v) is 27.3. The third-order valence-corrected chi connectivity index (χ3v) is 7.00. The summed E-state index contributed by atoms with van der Waals surface area (Å²) in [5.74, 6) is -0.193. The predicted molar refractivity (Wildman–Crippen MR) is 177 cm³/mol. The van der Waals surface area contributed by atoms with Gasteiger partial charge in [0.25, 0.3) is 11.7 Å². The summed E-state index contributed by atoms with van der Waals surface area (Å²) < 4.78 is 17.6. The first-order valence-corrected chi connectivity index (χ1v) is 15.3. The average Bonchev–Trinajstić information content (AvgIpc) is 3.52. The topological polar surface area (TPSA) is 170 Å². The van der Waals surface area contributed by atoms with Crippen molar-refractivity contribution in [2.45, 2.75) is 51.4 Å². The number of hydrogen-bond acceptors (Lipinski definition) is 9. The monoisotopic (exact) mass is 693 g/mol. The highest BCUT2D eigenvalue weighted by Gasteiger charge is 2.47. The Morgan fingerprint density at radius 2 is 1.70 bits per heavy atom. The fraction of sp³-hybridized carbons (Fsp3) is 0.344. The van der Waals surface area contributed by atoms with Gasteiger partial charge in [0.1, 0.15) is 0 Å². The Morgan fingerprint density at radius 3 is 2.33 bits per heavy atom. The van der Waals surface area contributed by atoms with E-state index in [1.54, 1.807) is 68.1 Å². The number of benzene rings is 2. The van der Waals surface area contributed by atoms with Crippen molar-refractivity contribution in [1.29, 1.82) is 0 Å². The molecule has 1 saturated heterocycles. The number of rotatable bonds is 11. The van der Waals surface area contributed by atoms with Crippen molar-refractivity contribution in [3.8, 4) is 18.2 Å². The zero-order chi connectivity index (χ0) is 33.3. The first kappa shape index (κ1) is 34.0. The van der Waals surface area contributed by atoms with Crippen LogP contribution in [0.25, 0.3) is 0 Å². The minimum absolute atomic E-state index is 0.00199. The van der Waals surface area contributed by atoms with Gasteiger partial charge in [-0.15, -0.1) is 6.42 Å². The van der Waals surface area contributed by atoms with Crippen molar-refractivity contribution in [3.05, 3.63) is 64.8 Å². The Hall–Kier alpha value is -4.87. The molecule has 1 atom stereocenters. The summed E-state index contributed by atoms with van der Waals surface area (Å²) in [5, 5.41) is 8.74. The van der Waals surface area contributed by atoms with E-state index in [-0.39, 0.29) is 36.6 Å². The van der Waals surface area contributed by atoms with E-state index >= 15 is 0 Å². The molecule has 0 saturated carbocycles. The molecule has 2 aromatic carbocycles. The van der Waals surface area contributed by atoms with E-state index in [1.807, 2.05) is 6.07 Å². The van der Waals surface area contributed by atoms with E-state index in [1.165, 1.54) is 6.20 Å². The van der Waals surface area contributed by atoms with Gasteiger partial charge in [-0.2, -0.15) is 4.98 Å². The molecule has 13 nitrogen and oxygen atoms in total. The van der Waals surface area contributed by atoms with Crippen molar-refractivity contribution >= 4 is 57.0 Å². The molecule has 0 aliphatic carbocycles. The smallest absolute Gasteiger partial charge is 0.407 e.